The molecular formula is C7H13NO5. The molecule has 1 aliphatic heterocycles. The van der Waals surface area contributed by atoms with Crippen molar-refractivity contribution in [2.45, 2.75) is 30.6 Å². The van der Waals surface area contributed by atoms with E-state index in [1.54, 1.807) is 7.05 Å². The standard InChI is InChI=1S/C7H13NO5/c1-8-3-2(7(12)13-8)4(9)6(11)5(3)10/h2-7,9-12H,1H3. The highest BCUT2D eigenvalue weighted by molar-refractivity contribution is 5.04. The van der Waals surface area contributed by atoms with Crippen LogP contribution in [-0.4, -0.2) is 63.2 Å². The molecule has 6 heteroatoms. The predicted molar refractivity (Wildman–Crippen MR) is 40.2 cm³/mol. The molecule has 6 atom stereocenters. The maximum atomic E-state index is 9.48. The molecule has 0 aromatic carbocycles. The predicted octanol–water partition coefficient (Wildman–Crippen LogP) is -2.74. The van der Waals surface area contributed by atoms with Crippen molar-refractivity contribution < 1.29 is 25.3 Å². The average molecular weight is 191 g/mol. The van der Waals surface area contributed by atoms with Crippen LogP contribution >= 0.6 is 0 Å². The van der Waals surface area contributed by atoms with E-state index in [1.165, 1.54) is 5.06 Å². The minimum Gasteiger partial charge on any atom is -0.390 e. The first-order valence-corrected chi connectivity index (χ1v) is 4.16. The molecule has 0 aromatic heterocycles. The van der Waals surface area contributed by atoms with Gasteiger partial charge >= 0.3 is 0 Å². The lowest BCUT2D eigenvalue weighted by molar-refractivity contribution is -0.233. The van der Waals surface area contributed by atoms with Gasteiger partial charge in [-0.2, -0.15) is 5.06 Å². The van der Waals surface area contributed by atoms with Crippen LogP contribution in [0, 0.1) is 5.92 Å². The molecule has 1 aliphatic carbocycles. The fraction of sp³-hybridized carbons (Fsp3) is 1.00. The van der Waals surface area contributed by atoms with Crippen LogP contribution in [-0.2, 0) is 4.84 Å². The molecule has 1 saturated heterocycles. The van der Waals surface area contributed by atoms with Crippen LogP contribution in [0.2, 0.25) is 0 Å². The number of aliphatic hydroxyl groups excluding tert-OH is 4. The van der Waals surface area contributed by atoms with Crippen molar-refractivity contribution in [3.63, 3.8) is 0 Å². The fourth-order valence-corrected chi connectivity index (χ4v) is 2.17. The molecule has 0 aromatic rings. The van der Waals surface area contributed by atoms with Crippen LogP contribution in [0.4, 0.5) is 0 Å². The van der Waals surface area contributed by atoms with E-state index in [4.69, 9.17) is 4.84 Å². The number of likely N-dealkylation sites (N-methyl/N-ethyl adjacent to an activating group) is 1. The Kier molecular flexibility index (Phi) is 2.06. The second kappa shape index (κ2) is 2.88. The average Bonchev–Trinajstić information content (AvgIpc) is 2.47. The molecule has 6 unspecified atom stereocenters. The van der Waals surface area contributed by atoms with Gasteiger partial charge in [0.1, 0.15) is 12.2 Å². The van der Waals surface area contributed by atoms with E-state index in [9.17, 15) is 20.4 Å². The maximum absolute atomic E-state index is 9.48. The molecule has 13 heavy (non-hydrogen) atoms. The highest BCUT2D eigenvalue weighted by atomic mass is 16.8. The Hall–Kier alpha value is -0.240. The molecule has 2 rings (SSSR count). The summed E-state index contributed by atoms with van der Waals surface area (Å²) in [4.78, 5) is 4.88. The Balaban J connectivity index is 2.25. The quantitative estimate of drug-likeness (QED) is 0.332. The van der Waals surface area contributed by atoms with Gasteiger partial charge in [-0.1, -0.05) is 0 Å². The number of hydroxylamine groups is 2. The molecule has 1 saturated carbocycles. The Morgan fingerprint density at radius 3 is 2.15 bits per heavy atom. The second-order valence-corrected chi connectivity index (χ2v) is 3.58. The third-order valence-corrected chi connectivity index (χ3v) is 2.86. The molecule has 76 valence electrons. The number of hydrogen-bond acceptors (Lipinski definition) is 6. The summed E-state index contributed by atoms with van der Waals surface area (Å²) in [6, 6.07) is -0.542. The van der Waals surface area contributed by atoms with Gasteiger partial charge in [0, 0.05) is 7.05 Å². The monoisotopic (exact) mass is 191 g/mol. The molecule has 6 nitrogen and oxygen atoms in total. The normalized spacial score (nSPS) is 57.0. The molecule has 2 fully saturated rings. The molecular weight excluding hydrogens is 178 g/mol. The van der Waals surface area contributed by atoms with Crippen molar-refractivity contribution in [2.24, 2.45) is 5.92 Å². The smallest absolute Gasteiger partial charge is 0.181 e. The van der Waals surface area contributed by atoms with E-state index in [0.29, 0.717) is 0 Å². The zero-order valence-corrected chi connectivity index (χ0v) is 7.11. The summed E-state index contributed by atoms with van der Waals surface area (Å²) >= 11 is 0. The topological polar surface area (TPSA) is 93.4 Å². The van der Waals surface area contributed by atoms with E-state index < -0.39 is 36.6 Å². The summed E-state index contributed by atoms with van der Waals surface area (Å²) in [5.74, 6) is -0.644. The lowest BCUT2D eigenvalue weighted by Gasteiger charge is -2.20. The number of hydrogen-bond donors (Lipinski definition) is 4. The highest BCUT2D eigenvalue weighted by Gasteiger charge is 2.58. The molecule has 0 spiro atoms. The van der Waals surface area contributed by atoms with Crippen LogP contribution in [0.15, 0.2) is 0 Å². The maximum Gasteiger partial charge on any atom is 0.181 e. The SMILES string of the molecule is CN1OC(O)C2C(O)C(O)C(O)C21. The minimum absolute atomic E-state index is 0.542. The first-order chi connectivity index (χ1) is 6.04. The third-order valence-electron chi connectivity index (χ3n) is 2.86. The minimum atomic E-state index is -1.21. The summed E-state index contributed by atoms with van der Waals surface area (Å²) in [6.07, 6.45) is -4.59. The van der Waals surface area contributed by atoms with Crippen molar-refractivity contribution in [3.05, 3.63) is 0 Å². The second-order valence-electron chi connectivity index (χ2n) is 3.58. The molecule has 0 radical (unpaired) electrons. The van der Waals surface area contributed by atoms with Gasteiger partial charge < -0.3 is 20.4 Å². The zero-order chi connectivity index (χ0) is 9.75. The van der Waals surface area contributed by atoms with Gasteiger partial charge in [-0.15, -0.1) is 0 Å². The highest BCUT2D eigenvalue weighted by Crippen LogP contribution is 2.38. The first kappa shape index (κ1) is 9.32. The molecule has 0 bridgehead atoms. The number of fused-ring (bicyclic) bond motifs is 1. The van der Waals surface area contributed by atoms with Gasteiger partial charge in [-0.05, 0) is 0 Å². The molecule has 1 heterocycles. The van der Waals surface area contributed by atoms with Gasteiger partial charge in [0.05, 0.1) is 18.1 Å². The Bertz CT molecular complexity index is 193. The van der Waals surface area contributed by atoms with Crippen LogP contribution in [0.3, 0.4) is 0 Å². The summed E-state index contributed by atoms with van der Waals surface area (Å²) in [7, 11) is 1.54. The molecule has 0 amide bonds. The van der Waals surface area contributed by atoms with E-state index in [0.717, 1.165) is 0 Å². The van der Waals surface area contributed by atoms with Gasteiger partial charge in [-0.3, -0.25) is 4.84 Å². The van der Waals surface area contributed by atoms with Gasteiger partial charge in [0.15, 0.2) is 6.29 Å². The molecule has 2 aliphatic rings. The Morgan fingerprint density at radius 2 is 1.62 bits per heavy atom. The number of aliphatic hydroxyl groups is 4. The van der Waals surface area contributed by atoms with E-state index in [-0.39, 0.29) is 0 Å². The van der Waals surface area contributed by atoms with Crippen molar-refractivity contribution in [3.8, 4) is 0 Å². The Morgan fingerprint density at radius 1 is 1.00 bits per heavy atom. The van der Waals surface area contributed by atoms with Gasteiger partial charge in [-0.25, -0.2) is 0 Å². The van der Waals surface area contributed by atoms with Crippen LogP contribution in [0.5, 0.6) is 0 Å². The van der Waals surface area contributed by atoms with Crippen molar-refractivity contribution in [1.82, 2.24) is 5.06 Å². The molecule has 4 N–H and O–H groups in total. The summed E-state index contributed by atoms with van der Waals surface area (Å²) in [5, 5.41) is 38.9. The summed E-state index contributed by atoms with van der Waals surface area (Å²) in [6.45, 7) is 0. The first-order valence-electron chi connectivity index (χ1n) is 4.16. The largest absolute Gasteiger partial charge is 0.390 e. The third kappa shape index (κ3) is 1.11. The Labute approximate surface area is 74.9 Å². The van der Waals surface area contributed by atoms with Gasteiger partial charge in [0.25, 0.3) is 0 Å². The summed E-state index contributed by atoms with van der Waals surface area (Å²) in [5.41, 5.74) is 0. The summed E-state index contributed by atoms with van der Waals surface area (Å²) < 4.78 is 0. The number of nitrogens with zero attached hydrogens (tertiary/aromatic N) is 1. The number of rotatable bonds is 0. The van der Waals surface area contributed by atoms with Gasteiger partial charge in [0.2, 0.25) is 0 Å². The van der Waals surface area contributed by atoms with Crippen LogP contribution in [0.25, 0.3) is 0 Å². The van der Waals surface area contributed by atoms with E-state index in [1.807, 2.05) is 0 Å². The van der Waals surface area contributed by atoms with E-state index >= 15 is 0 Å². The lowest BCUT2D eigenvalue weighted by Crippen LogP contribution is -2.39. The van der Waals surface area contributed by atoms with Crippen molar-refractivity contribution in [2.75, 3.05) is 7.05 Å². The van der Waals surface area contributed by atoms with Crippen molar-refractivity contribution >= 4 is 0 Å². The lowest BCUT2D eigenvalue weighted by atomic mass is 10.0. The van der Waals surface area contributed by atoms with E-state index in [2.05, 4.69) is 0 Å². The van der Waals surface area contributed by atoms with Crippen LogP contribution in [0.1, 0.15) is 0 Å². The van der Waals surface area contributed by atoms with Crippen molar-refractivity contribution in [1.29, 1.82) is 0 Å². The van der Waals surface area contributed by atoms with Crippen LogP contribution < -0.4 is 0 Å². The zero-order valence-electron chi connectivity index (χ0n) is 7.11. The fourth-order valence-electron chi connectivity index (χ4n) is 2.17.